The van der Waals surface area contributed by atoms with Crippen molar-refractivity contribution in [2.75, 3.05) is 11.1 Å². The molecule has 1 amide bonds. The molecule has 4 heteroatoms. The normalized spacial score (nSPS) is 10.7. The molecule has 4 nitrogen and oxygen atoms in total. The van der Waals surface area contributed by atoms with Crippen LogP contribution in [0, 0.1) is 6.92 Å². The van der Waals surface area contributed by atoms with Gasteiger partial charge in [0.2, 0.25) is 0 Å². The third-order valence-corrected chi connectivity index (χ3v) is 3.27. The van der Waals surface area contributed by atoms with Crippen LogP contribution in [-0.2, 0) is 0 Å². The predicted octanol–water partition coefficient (Wildman–Crippen LogP) is 3.31. The van der Waals surface area contributed by atoms with Gasteiger partial charge in [-0.2, -0.15) is 0 Å². The van der Waals surface area contributed by atoms with Crippen LogP contribution in [0.4, 0.5) is 11.4 Å². The van der Waals surface area contributed by atoms with Gasteiger partial charge < -0.3 is 16.0 Å². The van der Waals surface area contributed by atoms with Gasteiger partial charge in [0.15, 0.2) is 0 Å². The Kier molecular flexibility index (Phi) is 2.91. The summed E-state index contributed by atoms with van der Waals surface area (Å²) in [6.07, 6.45) is 1.85. The molecule has 0 fully saturated rings. The molecule has 0 unspecified atom stereocenters. The summed E-state index contributed by atoms with van der Waals surface area (Å²) in [5, 5.41) is 3.93. The summed E-state index contributed by atoms with van der Waals surface area (Å²) in [7, 11) is 0. The second kappa shape index (κ2) is 4.74. The van der Waals surface area contributed by atoms with Crippen LogP contribution in [0.3, 0.4) is 0 Å². The lowest BCUT2D eigenvalue weighted by atomic mass is 10.1. The topological polar surface area (TPSA) is 70.9 Å². The number of rotatable bonds is 2. The number of anilines is 2. The molecule has 1 aromatic heterocycles. The molecular weight excluding hydrogens is 250 g/mol. The lowest BCUT2D eigenvalue weighted by Crippen LogP contribution is -2.13. The number of amides is 1. The number of carbonyl (C=O) groups excluding carboxylic acids is 1. The van der Waals surface area contributed by atoms with Gasteiger partial charge in [0.25, 0.3) is 5.91 Å². The van der Waals surface area contributed by atoms with Crippen molar-refractivity contribution >= 4 is 28.2 Å². The van der Waals surface area contributed by atoms with Crippen LogP contribution < -0.4 is 11.1 Å². The summed E-state index contributed by atoms with van der Waals surface area (Å²) < 4.78 is 0. The van der Waals surface area contributed by atoms with E-state index in [1.165, 1.54) is 0 Å². The highest BCUT2D eigenvalue weighted by atomic mass is 16.1. The Morgan fingerprint density at radius 1 is 1.15 bits per heavy atom. The number of hydrogen-bond acceptors (Lipinski definition) is 2. The van der Waals surface area contributed by atoms with Crippen LogP contribution in [0.15, 0.2) is 48.7 Å². The van der Waals surface area contributed by atoms with Gasteiger partial charge in [0.05, 0.1) is 11.4 Å². The summed E-state index contributed by atoms with van der Waals surface area (Å²) in [5.41, 5.74) is 9.66. The number of hydrogen-bond donors (Lipinski definition) is 3. The minimum atomic E-state index is -0.168. The van der Waals surface area contributed by atoms with Crippen LogP contribution in [0.25, 0.3) is 10.9 Å². The first-order valence-electron chi connectivity index (χ1n) is 6.38. The Balaban J connectivity index is 1.90. The third kappa shape index (κ3) is 2.23. The first kappa shape index (κ1) is 12.3. The van der Waals surface area contributed by atoms with Gasteiger partial charge in [-0.25, -0.2) is 0 Å². The average molecular weight is 265 g/mol. The van der Waals surface area contributed by atoms with E-state index in [1.807, 2.05) is 43.5 Å². The van der Waals surface area contributed by atoms with Crippen molar-refractivity contribution in [3.63, 3.8) is 0 Å². The van der Waals surface area contributed by atoms with Gasteiger partial charge in [-0.15, -0.1) is 0 Å². The molecule has 0 bridgehead atoms. The fourth-order valence-corrected chi connectivity index (χ4v) is 2.16. The van der Waals surface area contributed by atoms with Gasteiger partial charge in [-0.05, 0) is 48.2 Å². The average Bonchev–Trinajstić information content (AvgIpc) is 2.90. The monoisotopic (exact) mass is 265 g/mol. The van der Waals surface area contributed by atoms with E-state index in [0.717, 1.165) is 16.5 Å². The van der Waals surface area contributed by atoms with Crippen LogP contribution in [0.2, 0.25) is 0 Å². The fourth-order valence-electron chi connectivity index (χ4n) is 2.16. The van der Waals surface area contributed by atoms with Crippen LogP contribution in [0.1, 0.15) is 15.9 Å². The van der Waals surface area contributed by atoms with Crippen molar-refractivity contribution in [1.82, 2.24) is 4.98 Å². The minimum Gasteiger partial charge on any atom is -0.397 e. The largest absolute Gasteiger partial charge is 0.397 e. The first-order valence-corrected chi connectivity index (χ1v) is 6.38. The number of H-pyrrole nitrogens is 1. The molecule has 2 aromatic carbocycles. The van der Waals surface area contributed by atoms with Gasteiger partial charge in [0, 0.05) is 17.3 Å². The quantitative estimate of drug-likeness (QED) is 0.622. The number of aryl methyl sites for hydroxylation is 1. The molecule has 1 heterocycles. The summed E-state index contributed by atoms with van der Waals surface area (Å²) in [5.74, 6) is -0.168. The van der Waals surface area contributed by atoms with Crippen molar-refractivity contribution < 1.29 is 4.79 Å². The van der Waals surface area contributed by atoms with E-state index in [4.69, 9.17) is 5.73 Å². The maximum Gasteiger partial charge on any atom is 0.255 e. The SMILES string of the molecule is Cc1ccc(N)c(NC(=O)c2ccc3cc[nH]c3c2)c1. The maximum atomic E-state index is 12.3. The molecule has 0 spiro atoms. The predicted molar refractivity (Wildman–Crippen MR) is 81.8 cm³/mol. The molecule has 0 aliphatic rings. The van der Waals surface area contributed by atoms with Crippen LogP contribution in [-0.4, -0.2) is 10.9 Å². The molecule has 0 saturated heterocycles. The highest BCUT2D eigenvalue weighted by molar-refractivity contribution is 6.07. The van der Waals surface area contributed by atoms with Crippen LogP contribution >= 0.6 is 0 Å². The molecule has 0 atom stereocenters. The summed E-state index contributed by atoms with van der Waals surface area (Å²) in [6.45, 7) is 1.96. The molecule has 0 aliphatic carbocycles. The second-order valence-corrected chi connectivity index (χ2v) is 4.82. The third-order valence-electron chi connectivity index (χ3n) is 3.27. The van der Waals surface area contributed by atoms with Crippen molar-refractivity contribution in [2.24, 2.45) is 0 Å². The Labute approximate surface area is 116 Å². The maximum absolute atomic E-state index is 12.3. The van der Waals surface area contributed by atoms with E-state index in [0.29, 0.717) is 16.9 Å². The summed E-state index contributed by atoms with van der Waals surface area (Å²) in [4.78, 5) is 15.4. The Bertz CT molecular complexity index is 789. The number of aromatic amines is 1. The van der Waals surface area contributed by atoms with Gasteiger partial charge in [0.1, 0.15) is 0 Å². The van der Waals surface area contributed by atoms with E-state index in [-0.39, 0.29) is 5.91 Å². The second-order valence-electron chi connectivity index (χ2n) is 4.82. The highest BCUT2D eigenvalue weighted by Gasteiger charge is 2.09. The Morgan fingerprint density at radius 2 is 2.00 bits per heavy atom. The number of aromatic nitrogens is 1. The number of nitrogens with one attached hydrogen (secondary N) is 2. The highest BCUT2D eigenvalue weighted by Crippen LogP contribution is 2.21. The molecule has 20 heavy (non-hydrogen) atoms. The molecule has 100 valence electrons. The van der Waals surface area contributed by atoms with Gasteiger partial charge in [-0.1, -0.05) is 12.1 Å². The Morgan fingerprint density at radius 3 is 2.85 bits per heavy atom. The number of benzene rings is 2. The molecule has 0 aliphatic heterocycles. The standard InChI is InChI=1S/C16H15N3O/c1-10-2-5-13(17)15(8-10)19-16(20)12-4-3-11-6-7-18-14(11)9-12/h2-9,18H,17H2,1H3,(H,19,20). The van der Waals surface area contributed by atoms with Crippen LogP contribution in [0.5, 0.6) is 0 Å². The Hall–Kier alpha value is -2.75. The first-order chi connectivity index (χ1) is 9.63. The molecule has 3 rings (SSSR count). The molecule has 4 N–H and O–H groups in total. The van der Waals surface area contributed by atoms with Crippen molar-refractivity contribution in [1.29, 1.82) is 0 Å². The zero-order valence-electron chi connectivity index (χ0n) is 11.1. The van der Waals surface area contributed by atoms with Gasteiger partial charge in [-0.3, -0.25) is 4.79 Å². The number of carbonyl (C=O) groups is 1. The minimum absolute atomic E-state index is 0.168. The molecule has 0 saturated carbocycles. The smallest absolute Gasteiger partial charge is 0.255 e. The molecular formula is C16H15N3O. The lowest BCUT2D eigenvalue weighted by molar-refractivity contribution is 0.102. The molecule has 3 aromatic rings. The van der Waals surface area contributed by atoms with E-state index < -0.39 is 0 Å². The van der Waals surface area contributed by atoms with Crippen molar-refractivity contribution in [2.45, 2.75) is 6.92 Å². The van der Waals surface area contributed by atoms with Gasteiger partial charge >= 0.3 is 0 Å². The fraction of sp³-hybridized carbons (Fsp3) is 0.0625. The van der Waals surface area contributed by atoms with E-state index in [2.05, 4.69) is 10.3 Å². The van der Waals surface area contributed by atoms with Crippen molar-refractivity contribution in [3.05, 3.63) is 59.8 Å². The zero-order chi connectivity index (χ0) is 14.1. The van der Waals surface area contributed by atoms with E-state index in [1.54, 1.807) is 12.1 Å². The number of fused-ring (bicyclic) bond motifs is 1. The summed E-state index contributed by atoms with van der Waals surface area (Å²) >= 11 is 0. The lowest BCUT2D eigenvalue weighted by Gasteiger charge is -2.09. The van der Waals surface area contributed by atoms with E-state index in [9.17, 15) is 4.79 Å². The van der Waals surface area contributed by atoms with E-state index >= 15 is 0 Å². The zero-order valence-corrected chi connectivity index (χ0v) is 11.1. The molecule has 0 radical (unpaired) electrons. The number of nitrogens with two attached hydrogens (primary N) is 1. The number of nitrogen functional groups attached to an aromatic ring is 1. The van der Waals surface area contributed by atoms with Crippen molar-refractivity contribution in [3.8, 4) is 0 Å². The summed E-state index contributed by atoms with van der Waals surface area (Å²) in [6, 6.07) is 13.1.